The fraction of sp³-hybridized carbons (Fsp3) is 0.379. The monoisotopic (exact) mass is 1590 g/mol. The molecule has 2 aliphatic heterocycles. The van der Waals surface area contributed by atoms with Crippen LogP contribution in [-0.4, -0.2) is 6.71 Å². The minimum atomic E-state index is -1.27. The minimum absolute atomic E-state index is 0.0155. The van der Waals surface area contributed by atoms with Gasteiger partial charge in [0.25, 0.3) is 6.71 Å². The van der Waals surface area contributed by atoms with Crippen LogP contribution in [0.5, 0.6) is 0 Å². The van der Waals surface area contributed by atoms with Gasteiger partial charge in [-0.05, 0) is 241 Å². The molecule has 0 aliphatic carbocycles. The average Bonchev–Trinajstić information content (AvgIpc) is 0.674. The van der Waals surface area contributed by atoms with E-state index in [1.54, 1.807) is 64.6 Å². The van der Waals surface area contributed by atoms with Crippen LogP contribution in [0.25, 0.3) is 77.9 Å². The summed E-state index contributed by atoms with van der Waals surface area (Å²) in [5.74, 6) is 0. The maximum Gasteiger partial charge on any atom is 0.252 e. The molecule has 0 radical (unpaired) electrons. The van der Waals surface area contributed by atoms with Gasteiger partial charge in [-0.2, -0.15) is 0 Å². The van der Waals surface area contributed by atoms with E-state index in [9.17, 15) is 30.2 Å². The van der Waals surface area contributed by atoms with Gasteiger partial charge in [0, 0.05) is 45.0 Å². The third kappa shape index (κ3) is 16.8. The van der Waals surface area contributed by atoms with Crippen molar-refractivity contribution in [3.63, 3.8) is 0 Å². The molecule has 0 N–H and O–H groups in total. The van der Waals surface area contributed by atoms with Crippen LogP contribution in [0.3, 0.4) is 0 Å². The summed E-state index contributed by atoms with van der Waals surface area (Å²) >= 11 is 0. The van der Waals surface area contributed by atoms with E-state index >= 15 is 0 Å². The van der Waals surface area contributed by atoms with Gasteiger partial charge < -0.3 is 9.80 Å². The Balaban J connectivity index is 1.43. The molecule has 12 aromatic carbocycles. The summed E-state index contributed by atoms with van der Waals surface area (Å²) in [4.78, 5) is 3.67. The number of hydrogen-bond acceptors (Lipinski definition) is 2. The standard InChI is InChI=1S/C116H137BN2/c1-106(2,3)80-48-42-73(43-49-80)91-66-87(113(22,23)24)68-93(89-54-52-83(109(10,11)12)70-95(89)115(28,29)30)104(91)118-99-57-47-76(72-38-35-34-36-39-72)61-98(99)117-97-56-46-77(78-59-85(111(16,17)18)65-86(60-78)112(19,20)21)62-100(97)119(102-64-79(63-101(118)103(102)117)75-40-37-41-82(58-75)108(7,8)9)105-92(74-44-50-81(51-45-74)107(4,5)6)67-88(114(25,26)27)69-94(105)90-55-53-84(110(13,14)15)71-96(90)116(31,32)33/h34-71H,1-33H3/i34D,35D,36D,38D,39D,42D,43D,44D,45D,48D,49D,50D,51D,52D,53D,54D,55D,66D,67D,68D,69D,70D,71D. The molecule has 119 heavy (non-hydrogen) atoms. The van der Waals surface area contributed by atoms with Crippen LogP contribution in [-0.2, 0) is 59.6 Å². The lowest BCUT2D eigenvalue weighted by Gasteiger charge is -2.46. The molecule has 2 nitrogen and oxygen atoms in total. The molecule has 12 aromatic rings. The predicted octanol–water partition coefficient (Wildman–Crippen LogP) is 31.7. The Morgan fingerprint density at radius 3 is 0.983 bits per heavy atom. The van der Waals surface area contributed by atoms with Crippen molar-refractivity contribution < 1.29 is 31.5 Å². The molecule has 0 saturated carbocycles. The Morgan fingerprint density at radius 1 is 0.218 bits per heavy atom. The SMILES string of the molecule is [2H]c1c([2H])c([2H])c(-c2ccc3c(c2)B2c4ccc(-c5cc(C(C)(C)C)cc(C(C)(C)C)c5)cc4N(c4c(-c5c([2H])c([2H])c(C(C)(C)C)c([2H])c5[2H])c([2H])c(C(C)(C)C)c([2H])c4-c4c([2H])c([2H])c(C(C)(C)C)c([2H])c4C(C)(C)C)c4cc(-c5cccc(C(C)(C)C)c5)cc(c42)N3c2c(-c3c([2H])c([2H])c(C(C)(C)C)c([2H])c3[2H])c([2H])c(C(C)(C)C)c([2H])c2-c2c([2H])c([2H])c(C(C)(C)C)c([2H])c2C(C)(C)C)c([2H])c1[2H]. The molecule has 0 aromatic heterocycles. The van der Waals surface area contributed by atoms with E-state index in [2.05, 4.69) is 86.6 Å². The lowest BCUT2D eigenvalue weighted by atomic mass is 9.33. The zero-order valence-corrected chi connectivity index (χ0v) is 77.1. The van der Waals surface area contributed by atoms with Crippen LogP contribution in [0.15, 0.2) is 230 Å². The normalized spacial score (nSPS) is 16.6. The van der Waals surface area contributed by atoms with Crippen LogP contribution >= 0.6 is 0 Å². The summed E-state index contributed by atoms with van der Waals surface area (Å²) in [7, 11) is 0. The van der Waals surface area contributed by atoms with Gasteiger partial charge in [-0.25, -0.2) is 0 Å². The summed E-state index contributed by atoms with van der Waals surface area (Å²) in [5, 5.41) is 0. The highest BCUT2D eigenvalue weighted by Gasteiger charge is 2.47. The average molecular weight is 1590 g/mol. The maximum atomic E-state index is 11.8. The third-order valence-corrected chi connectivity index (χ3v) is 23.2. The first-order valence-corrected chi connectivity index (χ1v) is 42.4. The molecule has 0 fully saturated rings. The Kier molecular flexibility index (Phi) is 15.1. The van der Waals surface area contributed by atoms with Crippen molar-refractivity contribution in [2.75, 3.05) is 9.80 Å². The molecule has 0 amide bonds. The number of fused-ring (bicyclic) bond motifs is 4. The van der Waals surface area contributed by atoms with Crippen molar-refractivity contribution in [2.24, 2.45) is 0 Å². The summed E-state index contributed by atoms with van der Waals surface area (Å²) in [6.45, 7) is 62.0. The molecule has 2 heterocycles. The molecule has 0 bridgehead atoms. The molecule has 0 saturated heterocycles. The van der Waals surface area contributed by atoms with E-state index in [1.807, 2.05) is 178 Å². The third-order valence-electron chi connectivity index (χ3n) is 23.2. The van der Waals surface area contributed by atoms with Crippen LogP contribution in [0.1, 0.15) is 321 Å². The Labute approximate surface area is 752 Å². The first-order valence-electron chi connectivity index (χ1n) is 53.9. The summed E-state index contributed by atoms with van der Waals surface area (Å²) in [5.41, 5.74) is -4.74. The fourth-order valence-corrected chi connectivity index (χ4v) is 15.9. The molecule has 614 valence electrons. The topological polar surface area (TPSA) is 6.48 Å². The minimum Gasteiger partial charge on any atom is -0.310 e. The van der Waals surface area contributed by atoms with E-state index in [0.717, 1.165) is 22.3 Å². The lowest BCUT2D eigenvalue weighted by molar-refractivity contribution is 0.568. The van der Waals surface area contributed by atoms with Crippen molar-refractivity contribution in [3.05, 3.63) is 291 Å². The van der Waals surface area contributed by atoms with Gasteiger partial charge in [-0.1, -0.05) is 410 Å². The van der Waals surface area contributed by atoms with Crippen molar-refractivity contribution in [1.29, 1.82) is 0 Å². The molecule has 0 atom stereocenters. The number of nitrogens with zero attached hydrogens (tertiary/aromatic N) is 2. The summed E-state index contributed by atoms with van der Waals surface area (Å²) < 4.78 is 245. The Hall–Kier alpha value is -9.70. The quantitative estimate of drug-likeness (QED) is 0.133. The van der Waals surface area contributed by atoms with E-state index in [-0.39, 0.29) is 176 Å². The summed E-state index contributed by atoms with van der Waals surface area (Å²) in [6.07, 6.45) is 0. The second-order valence-corrected chi connectivity index (χ2v) is 44.7. The predicted molar refractivity (Wildman–Crippen MR) is 524 cm³/mol. The number of anilines is 6. The van der Waals surface area contributed by atoms with Crippen molar-refractivity contribution in [1.82, 2.24) is 0 Å². The Morgan fingerprint density at radius 2 is 0.571 bits per heavy atom. The second kappa shape index (κ2) is 29.6. The van der Waals surface area contributed by atoms with Gasteiger partial charge in [-0.15, -0.1) is 0 Å². The molecule has 0 unspecified atom stereocenters. The molecule has 3 heteroatoms. The van der Waals surface area contributed by atoms with Crippen LogP contribution in [0.2, 0.25) is 0 Å². The van der Waals surface area contributed by atoms with Gasteiger partial charge in [0.15, 0.2) is 0 Å². The zero-order chi connectivity index (χ0) is 107. The molecule has 14 rings (SSSR count). The van der Waals surface area contributed by atoms with Crippen molar-refractivity contribution in [2.45, 2.75) is 288 Å². The lowest BCUT2D eigenvalue weighted by Crippen LogP contribution is -2.61. The van der Waals surface area contributed by atoms with Crippen LogP contribution < -0.4 is 26.2 Å². The molecular weight excluding hydrogens is 1430 g/mol. The molecule has 2 aliphatic rings. The van der Waals surface area contributed by atoms with E-state index in [4.69, 9.17) is 1.37 Å². The first kappa shape index (κ1) is 60.7. The van der Waals surface area contributed by atoms with Crippen LogP contribution in [0.4, 0.5) is 34.1 Å². The first-order chi connectivity index (χ1) is 64.6. The van der Waals surface area contributed by atoms with E-state index in [1.165, 1.54) is 0 Å². The fourth-order valence-electron chi connectivity index (χ4n) is 15.9. The highest BCUT2D eigenvalue weighted by atomic mass is 15.2. The maximum absolute atomic E-state index is 11.8. The van der Waals surface area contributed by atoms with Gasteiger partial charge in [0.1, 0.15) is 0 Å². The van der Waals surface area contributed by atoms with Gasteiger partial charge >= 0.3 is 0 Å². The second-order valence-electron chi connectivity index (χ2n) is 44.7. The smallest absolute Gasteiger partial charge is 0.252 e. The Bertz CT molecular complexity index is 7260. The van der Waals surface area contributed by atoms with E-state index < -0.39 is 175 Å². The number of rotatable bonds is 9. The van der Waals surface area contributed by atoms with Gasteiger partial charge in [0.2, 0.25) is 0 Å². The highest BCUT2D eigenvalue weighted by molar-refractivity contribution is 7.00. The highest BCUT2D eigenvalue weighted by Crippen LogP contribution is 2.58. The summed E-state index contributed by atoms with van der Waals surface area (Å²) in [6, 6.07) is 19.0. The van der Waals surface area contributed by atoms with Gasteiger partial charge in [0.05, 0.1) is 42.9 Å². The largest absolute Gasteiger partial charge is 0.310 e. The zero-order valence-electron chi connectivity index (χ0n) is 100. The van der Waals surface area contributed by atoms with Gasteiger partial charge in [-0.3, -0.25) is 0 Å². The van der Waals surface area contributed by atoms with Crippen molar-refractivity contribution >= 4 is 57.2 Å². The number of hydrogen-bond donors (Lipinski definition) is 0. The van der Waals surface area contributed by atoms with E-state index in [0.29, 0.717) is 22.2 Å². The van der Waals surface area contributed by atoms with Crippen LogP contribution in [0, 0.1) is 0 Å². The number of benzene rings is 12. The van der Waals surface area contributed by atoms with Crippen molar-refractivity contribution in [3.8, 4) is 77.9 Å². The molecule has 0 spiro atoms. The molecular formula is C116H137BN2.